The van der Waals surface area contributed by atoms with E-state index in [4.69, 9.17) is 0 Å². The number of rotatable bonds is 4. The van der Waals surface area contributed by atoms with Crippen molar-refractivity contribution in [3.8, 4) is 0 Å². The van der Waals surface area contributed by atoms with E-state index in [0.29, 0.717) is 11.3 Å². The molecule has 3 rings (SSSR count). The van der Waals surface area contributed by atoms with Crippen LogP contribution in [0.2, 0.25) is 0 Å². The van der Waals surface area contributed by atoms with Gasteiger partial charge in [-0.05, 0) is 44.5 Å². The third kappa shape index (κ3) is 3.21. The van der Waals surface area contributed by atoms with Crippen LogP contribution in [-0.4, -0.2) is 20.6 Å². The maximum atomic E-state index is 12.6. The molecule has 0 fully saturated rings. The Bertz CT molecular complexity index is 976. The fraction of sp³-hybridized carbons (Fsp3) is 0.222. The Hall–Kier alpha value is -3.22. The highest BCUT2D eigenvalue weighted by Gasteiger charge is 2.22. The number of nitro benzene ring substituents is 1. The van der Waals surface area contributed by atoms with Gasteiger partial charge in [-0.2, -0.15) is 5.10 Å². The number of aromatic nitrogens is 2. The van der Waals surface area contributed by atoms with Gasteiger partial charge in [0, 0.05) is 29.4 Å². The van der Waals surface area contributed by atoms with Crippen LogP contribution in [0.1, 0.15) is 35.8 Å². The third-order valence-corrected chi connectivity index (χ3v) is 3.98. The predicted octanol–water partition coefficient (Wildman–Crippen LogP) is 4.09. The Morgan fingerprint density at radius 1 is 1.28 bits per heavy atom. The summed E-state index contributed by atoms with van der Waals surface area (Å²) < 4.78 is 1.85. The second-order valence-electron chi connectivity index (χ2n) is 6.16. The van der Waals surface area contributed by atoms with Crippen molar-refractivity contribution < 1.29 is 9.72 Å². The van der Waals surface area contributed by atoms with Crippen molar-refractivity contribution in [1.82, 2.24) is 9.78 Å². The van der Waals surface area contributed by atoms with E-state index in [0.717, 1.165) is 10.9 Å². The van der Waals surface area contributed by atoms with Crippen molar-refractivity contribution >= 4 is 28.2 Å². The number of nitro groups is 1. The molecule has 0 aliphatic heterocycles. The highest BCUT2D eigenvalue weighted by atomic mass is 16.6. The lowest BCUT2D eigenvalue weighted by atomic mass is 10.1. The first-order valence-electron chi connectivity index (χ1n) is 7.91. The standard InChI is InChI=1S/C18H18N4O3/c1-11(2)21-10-13-9-14(7-8-15(13)20-21)19-18(23)17-12(3)5-4-6-16(17)22(24)25/h4-11H,1-3H3,(H,19,23). The zero-order valence-corrected chi connectivity index (χ0v) is 14.2. The first kappa shape index (κ1) is 16.6. The Kier molecular flexibility index (Phi) is 4.22. The van der Waals surface area contributed by atoms with Gasteiger partial charge in [-0.25, -0.2) is 0 Å². The molecule has 1 N–H and O–H groups in total. The number of aryl methyl sites for hydroxylation is 1. The van der Waals surface area contributed by atoms with Gasteiger partial charge in [0.25, 0.3) is 11.6 Å². The first-order valence-corrected chi connectivity index (χ1v) is 7.91. The van der Waals surface area contributed by atoms with Crippen molar-refractivity contribution in [2.24, 2.45) is 0 Å². The second-order valence-corrected chi connectivity index (χ2v) is 6.16. The molecule has 0 spiro atoms. The fourth-order valence-corrected chi connectivity index (χ4v) is 2.68. The van der Waals surface area contributed by atoms with Gasteiger partial charge in [0.05, 0.1) is 10.4 Å². The predicted molar refractivity (Wildman–Crippen MR) is 95.9 cm³/mol. The molecule has 0 bridgehead atoms. The molecule has 7 nitrogen and oxygen atoms in total. The van der Waals surface area contributed by atoms with Gasteiger partial charge >= 0.3 is 0 Å². The zero-order chi connectivity index (χ0) is 18.1. The van der Waals surface area contributed by atoms with E-state index in [-0.39, 0.29) is 17.3 Å². The number of benzene rings is 2. The van der Waals surface area contributed by atoms with Gasteiger partial charge in [-0.1, -0.05) is 12.1 Å². The van der Waals surface area contributed by atoms with E-state index in [2.05, 4.69) is 10.4 Å². The van der Waals surface area contributed by atoms with Gasteiger partial charge in [0.15, 0.2) is 0 Å². The van der Waals surface area contributed by atoms with Crippen molar-refractivity contribution in [2.45, 2.75) is 26.8 Å². The average Bonchev–Trinajstić information content (AvgIpc) is 2.98. The molecule has 1 amide bonds. The van der Waals surface area contributed by atoms with E-state index in [1.54, 1.807) is 25.1 Å². The number of amides is 1. The quantitative estimate of drug-likeness (QED) is 0.573. The summed E-state index contributed by atoms with van der Waals surface area (Å²) in [5, 5.41) is 19.3. The molecule has 1 heterocycles. The molecule has 128 valence electrons. The van der Waals surface area contributed by atoms with Crippen LogP contribution >= 0.6 is 0 Å². The minimum atomic E-state index is -0.544. The molecule has 0 aliphatic carbocycles. The van der Waals surface area contributed by atoms with Crippen LogP contribution in [0.15, 0.2) is 42.6 Å². The van der Waals surface area contributed by atoms with Crippen molar-refractivity contribution in [3.63, 3.8) is 0 Å². The number of nitrogens with zero attached hydrogens (tertiary/aromatic N) is 3. The molecule has 7 heteroatoms. The minimum Gasteiger partial charge on any atom is -0.322 e. The molecular weight excluding hydrogens is 320 g/mol. The highest BCUT2D eigenvalue weighted by molar-refractivity contribution is 6.08. The molecule has 0 saturated carbocycles. The van der Waals surface area contributed by atoms with Crippen LogP contribution < -0.4 is 5.32 Å². The van der Waals surface area contributed by atoms with Gasteiger partial charge in [-0.3, -0.25) is 19.6 Å². The van der Waals surface area contributed by atoms with Crippen LogP contribution in [0.25, 0.3) is 10.9 Å². The number of hydrogen-bond donors (Lipinski definition) is 1. The summed E-state index contributed by atoms with van der Waals surface area (Å²) in [6.07, 6.45) is 1.91. The fourth-order valence-electron chi connectivity index (χ4n) is 2.68. The Morgan fingerprint density at radius 3 is 2.72 bits per heavy atom. The number of anilines is 1. The molecular formula is C18H18N4O3. The van der Waals surface area contributed by atoms with Crippen molar-refractivity contribution in [3.05, 3.63) is 63.8 Å². The summed E-state index contributed by atoms with van der Waals surface area (Å²) >= 11 is 0. The first-order chi connectivity index (χ1) is 11.9. The topological polar surface area (TPSA) is 90.1 Å². The summed E-state index contributed by atoms with van der Waals surface area (Å²) in [5.41, 5.74) is 1.82. The monoisotopic (exact) mass is 338 g/mol. The Balaban J connectivity index is 1.94. The molecule has 2 aromatic carbocycles. The van der Waals surface area contributed by atoms with Crippen LogP contribution in [0.5, 0.6) is 0 Å². The molecule has 3 aromatic rings. The Labute approximate surface area is 144 Å². The Morgan fingerprint density at radius 2 is 2.04 bits per heavy atom. The molecule has 0 radical (unpaired) electrons. The molecule has 1 aromatic heterocycles. The third-order valence-electron chi connectivity index (χ3n) is 3.98. The lowest BCUT2D eigenvalue weighted by Crippen LogP contribution is -2.15. The number of carbonyl (C=O) groups excluding carboxylic acids is 1. The van der Waals surface area contributed by atoms with Crippen LogP contribution in [-0.2, 0) is 0 Å². The summed E-state index contributed by atoms with van der Waals surface area (Å²) in [6.45, 7) is 5.75. The SMILES string of the molecule is Cc1cccc([N+](=O)[O-])c1C(=O)Nc1ccc2nn(C(C)C)cc2c1. The van der Waals surface area contributed by atoms with E-state index in [1.807, 2.05) is 36.9 Å². The van der Waals surface area contributed by atoms with Gasteiger partial charge in [0.2, 0.25) is 0 Å². The molecule has 0 aliphatic rings. The number of fused-ring (bicyclic) bond motifs is 1. The normalized spacial score (nSPS) is 11.0. The van der Waals surface area contributed by atoms with Gasteiger partial charge < -0.3 is 5.32 Å². The molecule has 0 atom stereocenters. The summed E-state index contributed by atoms with van der Waals surface area (Å²) in [5.74, 6) is -0.500. The van der Waals surface area contributed by atoms with Gasteiger partial charge in [0.1, 0.15) is 5.56 Å². The molecule has 25 heavy (non-hydrogen) atoms. The lowest BCUT2D eigenvalue weighted by Gasteiger charge is -2.08. The van der Waals surface area contributed by atoms with Crippen LogP contribution in [0.4, 0.5) is 11.4 Å². The highest BCUT2D eigenvalue weighted by Crippen LogP contribution is 2.25. The number of carbonyl (C=O) groups is 1. The van der Waals surface area contributed by atoms with E-state index in [1.165, 1.54) is 6.07 Å². The second kappa shape index (κ2) is 6.35. The van der Waals surface area contributed by atoms with Crippen LogP contribution in [0, 0.1) is 17.0 Å². The van der Waals surface area contributed by atoms with E-state index < -0.39 is 10.8 Å². The average molecular weight is 338 g/mol. The van der Waals surface area contributed by atoms with E-state index >= 15 is 0 Å². The summed E-state index contributed by atoms with van der Waals surface area (Å²) in [6, 6.07) is 10.2. The van der Waals surface area contributed by atoms with Crippen LogP contribution in [0.3, 0.4) is 0 Å². The maximum absolute atomic E-state index is 12.6. The van der Waals surface area contributed by atoms with Gasteiger partial charge in [-0.15, -0.1) is 0 Å². The van der Waals surface area contributed by atoms with Crippen molar-refractivity contribution in [2.75, 3.05) is 5.32 Å². The number of nitrogens with one attached hydrogen (secondary N) is 1. The van der Waals surface area contributed by atoms with E-state index in [9.17, 15) is 14.9 Å². The lowest BCUT2D eigenvalue weighted by molar-refractivity contribution is -0.385. The molecule has 0 unspecified atom stereocenters. The smallest absolute Gasteiger partial charge is 0.282 e. The minimum absolute atomic E-state index is 0.0745. The number of hydrogen-bond acceptors (Lipinski definition) is 4. The summed E-state index contributed by atoms with van der Waals surface area (Å²) in [7, 11) is 0. The molecule has 0 saturated heterocycles. The van der Waals surface area contributed by atoms with Crippen molar-refractivity contribution in [1.29, 1.82) is 0 Å². The summed E-state index contributed by atoms with van der Waals surface area (Å²) in [4.78, 5) is 23.2. The zero-order valence-electron chi connectivity index (χ0n) is 14.2. The maximum Gasteiger partial charge on any atom is 0.282 e. The largest absolute Gasteiger partial charge is 0.322 e.